The predicted octanol–water partition coefficient (Wildman–Crippen LogP) is 1.29. The van der Waals surface area contributed by atoms with Crippen molar-refractivity contribution in [2.75, 3.05) is 5.73 Å². The Kier molecular flexibility index (Phi) is 0.990. The molecule has 0 aliphatic rings. The number of fused-ring (bicyclic) bond motifs is 1. The molecule has 52 valence electrons. The number of nitrogen functional groups attached to an aromatic ring is 1. The van der Waals surface area contributed by atoms with Crippen molar-refractivity contribution >= 4 is 22.0 Å². The van der Waals surface area contributed by atoms with Crippen LogP contribution in [0.4, 0.5) is 5.82 Å². The Labute approximate surface area is 62.1 Å². The van der Waals surface area contributed by atoms with Gasteiger partial charge in [0.15, 0.2) is 0 Å². The summed E-state index contributed by atoms with van der Waals surface area (Å²) in [4.78, 5) is 1.11. The number of rotatable bonds is 0. The topological polar surface area (TPSA) is 43.3 Å². The fourth-order valence-electron chi connectivity index (χ4n) is 0.913. The first-order valence-electron chi connectivity index (χ1n) is 2.97. The molecule has 0 unspecified atom stereocenters. The van der Waals surface area contributed by atoms with E-state index in [1.54, 1.807) is 11.3 Å². The fraction of sp³-hybridized carbons (Fsp3) is 0.167. The Balaban J connectivity index is 2.90. The minimum absolute atomic E-state index is 0.593. The Morgan fingerprint density at radius 2 is 2.50 bits per heavy atom. The Morgan fingerprint density at radius 1 is 1.70 bits per heavy atom. The molecule has 10 heavy (non-hydrogen) atoms. The molecule has 2 rings (SSSR count). The van der Waals surface area contributed by atoms with Gasteiger partial charge in [0.2, 0.25) is 0 Å². The molecule has 2 heterocycles. The van der Waals surface area contributed by atoms with E-state index >= 15 is 0 Å². The minimum Gasteiger partial charge on any atom is -0.382 e. The smallest absolute Gasteiger partial charge is 0.147 e. The highest BCUT2D eigenvalue weighted by Crippen LogP contribution is 2.16. The van der Waals surface area contributed by atoms with Crippen LogP contribution >= 0.6 is 11.3 Å². The molecule has 0 amide bonds. The maximum Gasteiger partial charge on any atom is 0.147 e. The quantitative estimate of drug-likeness (QED) is 0.619. The van der Waals surface area contributed by atoms with Gasteiger partial charge in [-0.1, -0.05) is 0 Å². The highest BCUT2D eigenvalue weighted by Gasteiger charge is 2.00. The first-order valence-corrected chi connectivity index (χ1v) is 3.85. The van der Waals surface area contributed by atoms with Crippen LogP contribution in [0.15, 0.2) is 11.4 Å². The zero-order chi connectivity index (χ0) is 7.14. The third-order valence-electron chi connectivity index (χ3n) is 1.38. The third kappa shape index (κ3) is 0.623. The Bertz CT molecular complexity index is 360. The van der Waals surface area contributed by atoms with Gasteiger partial charge in [-0.05, 0) is 6.92 Å². The van der Waals surface area contributed by atoms with Gasteiger partial charge in [0.1, 0.15) is 10.6 Å². The maximum atomic E-state index is 5.48. The Hall–Kier alpha value is -1.03. The van der Waals surface area contributed by atoms with Crippen LogP contribution in [-0.4, -0.2) is 9.61 Å². The van der Waals surface area contributed by atoms with E-state index in [0.29, 0.717) is 5.82 Å². The molecule has 2 aromatic heterocycles. The van der Waals surface area contributed by atoms with E-state index < -0.39 is 0 Å². The van der Waals surface area contributed by atoms with Crippen molar-refractivity contribution in [2.24, 2.45) is 0 Å². The number of nitrogens with zero attached hydrogens (tertiary/aromatic N) is 2. The van der Waals surface area contributed by atoms with Crippen molar-refractivity contribution in [1.29, 1.82) is 0 Å². The lowest BCUT2D eigenvalue weighted by atomic mass is 10.6. The van der Waals surface area contributed by atoms with E-state index in [-0.39, 0.29) is 0 Å². The number of hydrogen-bond acceptors (Lipinski definition) is 3. The van der Waals surface area contributed by atoms with Crippen molar-refractivity contribution < 1.29 is 0 Å². The van der Waals surface area contributed by atoms with Gasteiger partial charge >= 0.3 is 0 Å². The van der Waals surface area contributed by atoms with Crippen molar-refractivity contribution in [3.8, 4) is 0 Å². The maximum absolute atomic E-state index is 5.48. The Morgan fingerprint density at radius 3 is 3.20 bits per heavy atom. The molecular formula is C6H7N3S. The second-order valence-electron chi connectivity index (χ2n) is 2.20. The van der Waals surface area contributed by atoms with Crippen LogP contribution in [0, 0.1) is 6.92 Å². The van der Waals surface area contributed by atoms with E-state index in [9.17, 15) is 0 Å². The van der Waals surface area contributed by atoms with Crippen molar-refractivity contribution in [2.45, 2.75) is 6.92 Å². The fourth-order valence-corrected chi connectivity index (χ4v) is 1.78. The number of nitrogens with two attached hydrogens (primary N) is 1. The predicted molar refractivity (Wildman–Crippen MR) is 42.2 cm³/mol. The first kappa shape index (κ1) is 5.73. The van der Waals surface area contributed by atoms with Crippen LogP contribution in [0.5, 0.6) is 0 Å². The number of anilines is 1. The summed E-state index contributed by atoms with van der Waals surface area (Å²) < 4.78 is 1.85. The van der Waals surface area contributed by atoms with Crippen LogP contribution in [-0.2, 0) is 0 Å². The van der Waals surface area contributed by atoms with E-state index in [2.05, 4.69) is 10.5 Å². The standard InChI is InChI=1S/C6H7N3S/c1-4-3-10-6-2-5(7)8-9(4)6/h2-3H,1H3,(H2,7,8). The van der Waals surface area contributed by atoms with E-state index in [1.165, 1.54) is 0 Å². The van der Waals surface area contributed by atoms with E-state index in [4.69, 9.17) is 5.73 Å². The summed E-state index contributed by atoms with van der Waals surface area (Å²) in [5, 5.41) is 6.13. The molecule has 3 nitrogen and oxygen atoms in total. The second-order valence-corrected chi connectivity index (χ2v) is 3.09. The van der Waals surface area contributed by atoms with Crippen LogP contribution in [0.3, 0.4) is 0 Å². The summed E-state index contributed by atoms with van der Waals surface area (Å²) in [6.07, 6.45) is 0. The number of thiazole rings is 1. The van der Waals surface area contributed by atoms with Gasteiger partial charge in [0.05, 0.1) is 5.69 Å². The number of hydrogen-bond donors (Lipinski definition) is 1. The summed E-state index contributed by atoms with van der Waals surface area (Å²) in [6, 6.07) is 1.87. The van der Waals surface area contributed by atoms with E-state index in [0.717, 1.165) is 10.5 Å². The first-order chi connectivity index (χ1) is 4.77. The summed E-state index contributed by atoms with van der Waals surface area (Å²) in [5.41, 5.74) is 6.61. The highest BCUT2D eigenvalue weighted by atomic mass is 32.1. The van der Waals surface area contributed by atoms with Crippen LogP contribution in [0.25, 0.3) is 4.83 Å². The molecule has 0 bridgehead atoms. The average Bonchev–Trinajstić information content (AvgIpc) is 2.35. The lowest BCUT2D eigenvalue weighted by molar-refractivity contribution is 0.939. The third-order valence-corrected chi connectivity index (χ3v) is 2.37. The van der Waals surface area contributed by atoms with Crippen molar-refractivity contribution in [3.05, 3.63) is 17.1 Å². The SMILES string of the molecule is Cc1csc2cc(N)nn12. The van der Waals surface area contributed by atoms with Gasteiger partial charge in [-0.25, -0.2) is 4.52 Å². The van der Waals surface area contributed by atoms with Crippen molar-refractivity contribution in [1.82, 2.24) is 9.61 Å². The van der Waals surface area contributed by atoms with Gasteiger partial charge in [-0.3, -0.25) is 0 Å². The van der Waals surface area contributed by atoms with Crippen LogP contribution < -0.4 is 5.73 Å². The molecule has 0 aromatic carbocycles. The minimum atomic E-state index is 0.593. The van der Waals surface area contributed by atoms with Gasteiger partial charge < -0.3 is 5.73 Å². The molecule has 0 fully saturated rings. The zero-order valence-corrected chi connectivity index (χ0v) is 6.35. The molecule has 0 aliphatic carbocycles. The van der Waals surface area contributed by atoms with Crippen LogP contribution in [0.2, 0.25) is 0 Å². The summed E-state index contributed by atoms with van der Waals surface area (Å²) in [7, 11) is 0. The summed E-state index contributed by atoms with van der Waals surface area (Å²) in [5.74, 6) is 0.593. The van der Waals surface area contributed by atoms with Gasteiger partial charge in [0.25, 0.3) is 0 Å². The lowest BCUT2D eigenvalue weighted by Gasteiger charge is -1.83. The molecule has 2 aromatic rings. The average molecular weight is 153 g/mol. The molecule has 0 radical (unpaired) electrons. The highest BCUT2D eigenvalue weighted by molar-refractivity contribution is 7.15. The van der Waals surface area contributed by atoms with Crippen molar-refractivity contribution in [3.63, 3.8) is 0 Å². The normalized spacial score (nSPS) is 10.9. The molecule has 0 saturated heterocycles. The summed E-state index contributed by atoms with van der Waals surface area (Å²) in [6.45, 7) is 2.01. The lowest BCUT2D eigenvalue weighted by Crippen LogP contribution is -1.89. The monoisotopic (exact) mass is 153 g/mol. The van der Waals surface area contributed by atoms with Gasteiger partial charge in [-0.2, -0.15) is 0 Å². The van der Waals surface area contributed by atoms with Gasteiger partial charge in [0, 0.05) is 11.4 Å². The molecular weight excluding hydrogens is 146 g/mol. The summed E-state index contributed by atoms with van der Waals surface area (Å²) >= 11 is 1.66. The molecule has 4 heteroatoms. The zero-order valence-electron chi connectivity index (χ0n) is 5.53. The van der Waals surface area contributed by atoms with Gasteiger partial charge in [-0.15, -0.1) is 16.4 Å². The molecule has 0 saturated carbocycles. The van der Waals surface area contributed by atoms with Crippen LogP contribution in [0.1, 0.15) is 5.69 Å². The largest absolute Gasteiger partial charge is 0.382 e. The molecule has 0 aliphatic heterocycles. The molecule has 2 N–H and O–H groups in total. The second kappa shape index (κ2) is 1.73. The molecule has 0 atom stereocenters. The number of aromatic nitrogens is 2. The molecule has 0 spiro atoms. The van der Waals surface area contributed by atoms with E-state index in [1.807, 2.05) is 17.5 Å². The number of aryl methyl sites for hydroxylation is 1.